The van der Waals surface area contributed by atoms with Crippen LogP contribution < -0.4 is 5.32 Å². The third-order valence-electron chi connectivity index (χ3n) is 8.91. The van der Waals surface area contributed by atoms with Crippen LogP contribution in [-0.2, 0) is 5.54 Å². The Morgan fingerprint density at radius 1 is 0.804 bits per heavy atom. The van der Waals surface area contributed by atoms with Crippen molar-refractivity contribution in [1.29, 1.82) is 0 Å². The first-order valence-electron chi connectivity index (χ1n) is 17.0. The minimum Gasteiger partial charge on any atom is -0.394 e. The van der Waals surface area contributed by atoms with Crippen LogP contribution in [0.1, 0.15) is 36.1 Å². The number of thioether (sulfide) groups is 1. The minimum atomic E-state index is -0.550. The quantitative estimate of drug-likeness (QED) is 0.226. The first-order valence-corrected chi connectivity index (χ1v) is 17.9. The summed E-state index contributed by atoms with van der Waals surface area (Å²) in [5, 5.41) is 5.33. The monoisotopic (exact) mass is 682 g/mol. The summed E-state index contributed by atoms with van der Waals surface area (Å²) in [6.45, 7) is 21.2. The second kappa shape index (κ2) is 17.2. The summed E-state index contributed by atoms with van der Waals surface area (Å²) in [6, 6.07) is 23.9. The summed E-state index contributed by atoms with van der Waals surface area (Å²) < 4.78 is 0. The van der Waals surface area contributed by atoms with Gasteiger partial charge in [-0.15, -0.1) is 0 Å². The lowest BCUT2D eigenvalue weighted by Gasteiger charge is -2.37. The Bertz CT molecular complexity index is 2090. The fourth-order valence-electron chi connectivity index (χ4n) is 6.01. The van der Waals surface area contributed by atoms with E-state index in [9.17, 15) is 0 Å². The molecule has 0 aromatic heterocycles. The highest BCUT2D eigenvalue weighted by molar-refractivity contribution is 8.02. The van der Waals surface area contributed by atoms with Crippen molar-refractivity contribution < 1.29 is 0 Å². The van der Waals surface area contributed by atoms with Crippen LogP contribution in [0.3, 0.4) is 0 Å². The molecule has 0 aliphatic carbocycles. The molecule has 5 rings (SSSR count). The molecule has 0 saturated carbocycles. The van der Waals surface area contributed by atoms with Gasteiger partial charge in [0.1, 0.15) is 0 Å². The van der Waals surface area contributed by atoms with Crippen LogP contribution in [0.25, 0.3) is 27.8 Å². The molecule has 0 radical (unpaired) electrons. The van der Waals surface area contributed by atoms with E-state index in [-0.39, 0.29) is 0 Å². The minimum absolute atomic E-state index is 0.550. The number of nitrogens with one attached hydrogen (secondary N) is 1. The smallest absolute Gasteiger partial charge is 0.0863 e. The number of hydrogen-bond acceptors (Lipinski definition) is 3. The fourth-order valence-corrected chi connectivity index (χ4v) is 6.95. The van der Waals surface area contributed by atoms with Crippen molar-refractivity contribution >= 4 is 28.5 Å². The molecule has 51 heavy (non-hydrogen) atoms. The van der Waals surface area contributed by atoms with Gasteiger partial charge in [0.2, 0.25) is 0 Å². The molecule has 0 spiro atoms. The summed E-state index contributed by atoms with van der Waals surface area (Å²) in [7, 11) is 1.92. The Hall–Kier alpha value is -5.77. The molecule has 1 unspecified atom stereocenters. The molecule has 0 amide bonds. The Morgan fingerprint density at radius 3 is 2.31 bits per heavy atom. The predicted octanol–water partition coefficient (Wildman–Crippen LogP) is 12.7. The molecule has 2 nitrogen and oxygen atoms in total. The standard InChI is InChI=1S/C48H46N2S/c1-8-16-39(17-9-2)41-20-14-21-42(35-41)40-24-26-44(27-25-40)48(6,29-30-49-7)50-31-12-10-18-36(3)38(5)34-43(28-32-50)46-23-15-22-45-37(4)19-11-13-33-51-47(45)46/h8-35,49H,1,3-5H2,2,6-7H3/b17-9-,18-10-,19-11-,30-29-,31-12-,32-28-,33-13-,39-16+,43-34+. The zero-order valence-corrected chi connectivity index (χ0v) is 30.7. The largest absolute Gasteiger partial charge is 0.394 e. The van der Waals surface area contributed by atoms with Crippen LogP contribution >= 0.6 is 11.8 Å². The maximum absolute atomic E-state index is 4.38. The molecule has 3 heteroatoms. The van der Waals surface area contributed by atoms with Crippen molar-refractivity contribution in [3.63, 3.8) is 0 Å². The van der Waals surface area contributed by atoms with Crippen LogP contribution in [0.15, 0.2) is 212 Å². The number of fused-ring (bicyclic) bond motifs is 1. The van der Waals surface area contributed by atoms with Crippen molar-refractivity contribution in [2.24, 2.45) is 0 Å². The molecule has 2 aliphatic rings. The summed E-state index contributed by atoms with van der Waals surface area (Å²) >= 11 is 1.70. The highest BCUT2D eigenvalue weighted by Gasteiger charge is 2.29. The molecule has 1 N–H and O–H groups in total. The highest BCUT2D eigenvalue weighted by Crippen LogP contribution is 2.39. The van der Waals surface area contributed by atoms with Crippen molar-refractivity contribution in [2.75, 3.05) is 7.05 Å². The second-order valence-corrected chi connectivity index (χ2v) is 13.3. The predicted molar refractivity (Wildman–Crippen MR) is 226 cm³/mol. The van der Waals surface area contributed by atoms with Crippen molar-refractivity contribution in [2.45, 2.75) is 24.3 Å². The van der Waals surface area contributed by atoms with E-state index in [1.165, 1.54) is 0 Å². The molecule has 1 atom stereocenters. The first kappa shape index (κ1) is 36.5. The van der Waals surface area contributed by atoms with Gasteiger partial charge in [-0.3, -0.25) is 0 Å². The van der Waals surface area contributed by atoms with E-state index >= 15 is 0 Å². The van der Waals surface area contributed by atoms with E-state index in [0.29, 0.717) is 0 Å². The maximum Gasteiger partial charge on any atom is 0.0863 e. The van der Waals surface area contributed by atoms with Gasteiger partial charge in [-0.25, -0.2) is 0 Å². The Kier molecular flexibility index (Phi) is 12.3. The van der Waals surface area contributed by atoms with Crippen LogP contribution in [0, 0.1) is 0 Å². The fraction of sp³-hybridized carbons (Fsp3) is 0.0833. The van der Waals surface area contributed by atoms with E-state index < -0.39 is 5.54 Å². The third-order valence-corrected chi connectivity index (χ3v) is 9.88. The van der Waals surface area contributed by atoms with Gasteiger partial charge in [-0.2, -0.15) is 0 Å². The highest BCUT2D eigenvalue weighted by atomic mass is 32.2. The van der Waals surface area contributed by atoms with Crippen LogP contribution in [0.4, 0.5) is 0 Å². The number of benzene rings is 3. The van der Waals surface area contributed by atoms with Gasteiger partial charge in [0, 0.05) is 24.3 Å². The maximum atomic E-state index is 4.38. The molecule has 0 bridgehead atoms. The number of hydrogen-bond donors (Lipinski definition) is 1. The van der Waals surface area contributed by atoms with Crippen LogP contribution in [0.2, 0.25) is 0 Å². The molecule has 2 heterocycles. The lowest BCUT2D eigenvalue weighted by atomic mass is 9.88. The van der Waals surface area contributed by atoms with Gasteiger partial charge in [0.05, 0.1) is 5.54 Å². The molecule has 254 valence electrons. The molecular formula is C48H46N2S. The van der Waals surface area contributed by atoms with E-state index in [2.05, 4.69) is 171 Å². The van der Waals surface area contributed by atoms with Gasteiger partial charge in [-0.05, 0) is 117 Å². The molecule has 2 aliphatic heterocycles. The number of rotatable bonds is 9. The van der Waals surface area contributed by atoms with E-state index in [1.54, 1.807) is 11.8 Å². The van der Waals surface area contributed by atoms with E-state index in [1.807, 2.05) is 56.6 Å². The lowest BCUT2D eigenvalue weighted by molar-refractivity contribution is 0.298. The first-order chi connectivity index (χ1) is 24.8. The zero-order valence-electron chi connectivity index (χ0n) is 29.8. The number of nitrogens with zero attached hydrogens (tertiary/aromatic N) is 1. The summed E-state index contributed by atoms with van der Waals surface area (Å²) in [6.07, 6.45) is 33.0. The normalized spacial score (nSPS) is 20.6. The summed E-state index contributed by atoms with van der Waals surface area (Å²) in [5.74, 6) is 0. The summed E-state index contributed by atoms with van der Waals surface area (Å²) in [5.41, 5.74) is 11.1. The van der Waals surface area contributed by atoms with Gasteiger partial charge in [-0.1, -0.05) is 153 Å². The zero-order chi connectivity index (χ0) is 36.2. The van der Waals surface area contributed by atoms with E-state index in [0.717, 1.165) is 66.1 Å². The Morgan fingerprint density at radius 2 is 1.55 bits per heavy atom. The van der Waals surface area contributed by atoms with Gasteiger partial charge in [0.15, 0.2) is 0 Å². The van der Waals surface area contributed by atoms with Crippen LogP contribution in [0.5, 0.6) is 0 Å². The third kappa shape index (κ3) is 8.70. The second-order valence-electron chi connectivity index (χ2n) is 12.4. The Labute approximate surface area is 309 Å². The van der Waals surface area contributed by atoms with Crippen molar-refractivity contribution in [3.8, 4) is 11.1 Å². The molecule has 3 aromatic rings. The Balaban J connectivity index is 1.59. The van der Waals surface area contributed by atoms with Crippen LogP contribution in [-0.4, -0.2) is 11.9 Å². The molecule has 3 aromatic carbocycles. The van der Waals surface area contributed by atoms with Gasteiger partial charge in [0.25, 0.3) is 0 Å². The topological polar surface area (TPSA) is 15.3 Å². The van der Waals surface area contributed by atoms with Gasteiger partial charge >= 0.3 is 0 Å². The average Bonchev–Trinajstić information content (AvgIpc) is 3.17. The SMILES string of the molecule is C=C/C=C(\C=C/C)c1cccc(-c2ccc(C(C)(/C=C\NC)N3/C=C\C=C/C(=C)C(=C)/C=C(c4cccc5c4S/C=C\C=C/C5=C)\C=C/3)cc2)c1. The molecule has 0 saturated heterocycles. The number of allylic oxidation sites excluding steroid dienone is 17. The van der Waals surface area contributed by atoms with Crippen molar-refractivity contribution in [3.05, 3.63) is 229 Å². The summed E-state index contributed by atoms with van der Waals surface area (Å²) in [4.78, 5) is 3.40. The van der Waals surface area contributed by atoms with Gasteiger partial charge < -0.3 is 10.2 Å². The average molecular weight is 683 g/mol. The molecular weight excluding hydrogens is 637 g/mol. The molecule has 0 fully saturated rings. The van der Waals surface area contributed by atoms with Crippen molar-refractivity contribution in [1.82, 2.24) is 10.2 Å². The lowest BCUT2D eigenvalue weighted by Crippen LogP contribution is -2.35. The van der Waals surface area contributed by atoms with E-state index in [4.69, 9.17) is 0 Å².